The Morgan fingerprint density at radius 2 is 2.07 bits per heavy atom. The monoisotopic (exact) mass is 198 g/mol. The lowest BCUT2D eigenvalue weighted by Crippen LogP contribution is -2.15. The van der Waals surface area contributed by atoms with Crippen LogP contribution in [0, 0.1) is 0 Å². The zero-order valence-electron chi connectivity index (χ0n) is 8.17. The molecule has 0 spiro atoms. The largest absolute Gasteiger partial charge is 0.324 e. The van der Waals surface area contributed by atoms with E-state index in [4.69, 9.17) is 0 Å². The van der Waals surface area contributed by atoms with E-state index in [-0.39, 0.29) is 0 Å². The molecule has 15 heavy (non-hydrogen) atoms. The second kappa shape index (κ2) is 3.31. The van der Waals surface area contributed by atoms with Crippen LogP contribution in [0.1, 0.15) is 5.56 Å². The SMILES string of the molecule is c1ccc2c(c1)CCN2c1ccnnn1. The lowest BCUT2D eigenvalue weighted by Gasteiger charge is -2.16. The maximum absolute atomic E-state index is 4.02. The van der Waals surface area contributed by atoms with Gasteiger partial charge in [-0.05, 0) is 23.3 Å². The summed E-state index contributed by atoms with van der Waals surface area (Å²) < 4.78 is 0. The van der Waals surface area contributed by atoms with Gasteiger partial charge in [-0.2, -0.15) is 0 Å². The molecule has 0 saturated carbocycles. The minimum Gasteiger partial charge on any atom is -0.324 e. The normalized spacial score (nSPS) is 14.0. The fourth-order valence-electron chi connectivity index (χ4n) is 1.95. The zero-order valence-corrected chi connectivity index (χ0v) is 8.17. The van der Waals surface area contributed by atoms with E-state index in [1.807, 2.05) is 12.1 Å². The van der Waals surface area contributed by atoms with Crippen LogP contribution in [-0.2, 0) is 6.42 Å². The highest BCUT2D eigenvalue weighted by Crippen LogP contribution is 2.32. The predicted octanol–water partition coefficient (Wildman–Crippen LogP) is 1.57. The first-order valence-corrected chi connectivity index (χ1v) is 4.95. The Kier molecular flexibility index (Phi) is 1.84. The fourth-order valence-corrected chi connectivity index (χ4v) is 1.95. The van der Waals surface area contributed by atoms with Gasteiger partial charge in [0, 0.05) is 18.3 Å². The molecule has 2 heterocycles. The molecule has 0 fully saturated rings. The number of hydrogen-bond donors (Lipinski definition) is 0. The fraction of sp³-hybridized carbons (Fsp3) is 0.182. The predicted molar refractivity (Wildman–Crippen MR) is 57.0 cm³/mol. The highest BCUT2D eigenvalue weighted by atomic mass is 15.4. The molecule has 0 bridgehead atoms. The van der Waals surface area contributed by atoms with Crippen LogP contribution in [0.2, 0.25) is 0 Å². The lowest BCUT2D eigenvalue weighted by atomic mass is 10.2. The molecule has 0 saturated heterocycles. The number of benzene rings is 1. The summed E-state index contributed by atoms with van der Waals surface area (Å²) in [6, 6.07) is 10.3. The summed E-state index contributed by atoms with van der Waals surface area (Å²) in [4.78, 5) is 2.17. The number of hydrogen-bond acceptors (Lipinski definition) is 4. The van der Waals surface area contributed by atoms with E-state index >= 15 is 0 Å². The van der Waals surface area contributed by atoms with Gasteiger partial charge < -0.3 is 4.90 Å². The zero-order chi connectivity index (χ0) is 10.1. The van der Waals surface area contributed by atoms with E-state index in [9.17, 15) is 0 Å². The second-order valence-corrected chi connectivity index (χ2v) is 3.51. The first-order chi connectivity index (χ1) is 7.45. The molecule has 0 N–H and O–H groups in total. The van der Waals surface area contributed by atoms with Crippen LogP contribution in [0.3, 0.4) is 0 Å². The third-order valence-corrected chi connectivity index (χ3v) is 2.65. The van der Waals surface area contributed by atoms with E-state index in [0.29, 0.717) is 0 Å². The van der Waals surface area contributed by atoms with Crippen molar-refractivity contribution in [1.82, 2.24) is 15.4 Å². The van der Waals surface area contributed by atoms with Crippen LogP contribution >= 0.6 is 0 Å². The third kappa shape index (κ3) is 1.34. The van der Waals surface area contributed by atoms with E-state index in [0.717, 1.165) is 18.8 Å². The number of aromatic nitrogens is 3. The molecule has 1 aromatic heterocycles. The van der Waals surface area contributed by atoms with Gasteiger partial charge in [-0.15, -0.1) is 10.2 Å². The van der Waals surface area contributed by atoms with Crippen LogP contribution in [-0.4, -0.2) is 22.0 Å². The van der Waals surface area contributed by atoms with Gasteiger partial charge in [0.2, 0.25) is 0 Å². The first kappa shape index (κ1) is 8.35. The Balaban J connectivity index is 2.05. The number of rotatable bonds is 1. The summed E-state index contributed by atoms with van der Waals surface area (Å²) in [5, 5.41) is 11.4. The topological polar surface area (TPSA) is 41.9 Å². The summed E-state index contributed by atoms with van der Waals surface area (Å²) >= 11 is 0. The first-order valence-electron chi connectivity index (χ1n) is 4.95. The molecule has 3 rings (SSSR count). The highest BCUT2D eigenvalue weighted by Gasteiger charge is 2.20. The lowest BCUT2D eigenvalue weighted by molar-refractivity contribution is 0.839. The molecule has 0 aliphatic carbocycles. The maximum Gasteiger partial charge on any atom is 0.159 e. The van der Waals surface area contributed by atoms with Crippen LogP contribution in [0.5, 0.6) is 0 Å². The van der Waals surface area contributed by atoms with E-state index in [1.165, 1.54) is 11.3 Å². The number of fused-ring (bicyclic) bond motifs is 1. The van der Waals surface area contributed by atoms with E-state index in [2.05, 4.69) is 38.5 Å². The number of para-hydroxylation sites is 1. The van der Waals surface area contributed by atoms with Crippen molar-refractivity contribution in [3.05, 3.63) is 42.1 Å². The highest BCUT2D eigenvalue weighted by molar-refractivity contribution is 5.66. The Morgan fingerprint density at radius 3 is 2.93 bits per heavy atom. The average Bonchev–Trinajstić information content (AvgIpc) is 2.74. The van der Waals surface area contributed by atoms with Gasteiger partial charge in [-0.3, -0.25) is 0 Å². The molecule has 0 amide bonds. The Morgan fingerprint density at radius 1 is 1.13 bits per heavy atom. The molecule has 0 radical (unpaired) electrons. The molecule has 0 unspecified atom stereocenters. The van der Waals surface area contributed by atoms with Crippen molar-refractivity contribution in [3.8, 4) is 0 Å². The van der Waals surface area contributed by atoms with Gasteiger partial charge >= 0.3 is 0 Å². The Labute approximate surface area is 87.6 Å². The van der Waals surface area contributed by atoms with Crippen molar-refractivity contribution in [2.75, 3.05) is 11.4 Å². The van der Waals surface area contributed by atoms with Crippen LogP contribution in [0.25, 0.3) is 0 Å². The molecule has 1 aromatic carbocycles. The summed E-state index contributed by atoms with van der Waals surface area (Å²) in [6.07, 6.45) is 2.74. The van der Waals surface area contributed by atoms with Gasteiger partial charge in [0.05, 0.1) is 6.20 Å². The van der Waals surface area contributed by atoms with Crippen LogP contribution in [0.15, 0.2) is 36.5 Å². The number of nitrogens with zero attached hydrogens (tertiary/aromatic N) is 4. The Bertz CT molecular complexity index is 469. The van der Waals surface area contributed by atoms with Gasteiger partial charge in [0.15, 0.2) is 5.82 Å². The van der Waals surface area contributed by atoms with Crippen molar-refractivity contribution in [2.24, 2.45) is 0 Å². The molecule has 4 heteroatoms. The second-order valence-electron chi connectivity index (χ2n) is 3.51. The molecule has 1 aliphatic rings. The summed E-state index contributed by atoms with van der Waals surface area (Å²) in [5.41, 5.74) is 2.61. The quantitative estimate of drug-likeness (QED) is 0.697. The smallest absolute Gasteiger partial charge is 0.159 e. The van der Waals surface area contributed by atoms with Crippen molar-refractivity contribution in [3.63, 3.8) is 0 Å². The van der Waals surface area contributed by atoms with Crippen LogP contribution < -0.4 is 4.90 Å². The van der Waals surface area contributed by atoms with Crippen molar-refractivity contribution < 1.29 is 0 Å². The average molecular weight is 198 g/mol. The van der Waals surface area contributed by atoms with E-state index in [1.54, 1.807) is 6.20 Å². The molecule has 2 aromatic rings. The van der Waals surface area contributed by atoms with Gasteiger partial charge in [0.25, 0.3) is 0 Å². The standard InChI is InChI=1S/C11H10N4/c1-2-4-10-9(3-1)6-8-15(10)11-5-7-12-14-13-11/h1-5,7H,6,8H2. The molecule has 0 atom stereocenters. The van der Waals surface area contributed by atoms with Crippen LogP contribution in [0.4, 0.5) is 11.5 Å². The number of anilines is 2. The van der Waals surface area contributed by atoms with Crippen molar-refractivity contribution in [2.45, 2.75) is 6.42 Å². The third-order valence-electron chi connectivity index (χ3n) is 2.65. The summed E-state index contributed by atoms with van der Waals surface area (Å²) in [7, 11) is 0. The minimum absolute atomic E-state index is 0.870. The summed E-state index contributed by atoms with van der Waals surface area (Å²) in [5.74, 6) is 0.870. The summed E-state index contributed by atoms with van der Waals surface area (Å²) in [6.45, 7) is 0.970. The van der Waals surface area contributed by atoms with Gasteiger partial charge in [-0.1, -0.05) is 18.2 Å². The van der Waals surface area contributed by atoms with E-state index < -0.39 is 0 Å². The van der Waals surface area contributed by atoms with Crippen molar-refractivity contribution in [1.29, 1.82) is 0 Å². The Hall–Kier alpha value is -1.97. The maximum atomic E-state index is 4.02. The molecule has 4 nitrogen and oxygen atoms in total. The van der Waals surface area contributed by atoms with Gasteiger partial charge in [0.1, 0.15) is 0 Å². The van der Waals surface area contributed by atoms with Gasteiger partial charge in [-0.25, -0.2) is 0 Å². The molecule has 74 valence electrons. The molecular weight excluding hydrogens is 188 g/mol. The molecule has 1 aliphatic heterocycles. The minimum atomic E-state index is 0.870. The van der Waals surface area contributed by atoms with Crippen molar-refractivity contribution >= 4 is 11.5 Å². The molecular formula is C11H10N4.